The summed E-state index contributed by atoms with van der Waals surface area (Å²) in [5.41, 5.74) is 0. The standard InChI is InChI=1S/C16H33NO2SSi/c1-15(2)18-21(5,19-16(3)4)13-11-9-7-6-8-10-12-20-14-17/h15-16H,6-13H2,1-5H3. The van der Waals surface area contributed by atoms with Crippen LogP contribution in [0.5, 0.6) is 0 Å². The zero-order valence-corrected chi connectivity index (χ0v) is 16.3. The Bertz CT molecular complexity index is 282. The van der Waals surface area contributed by atoms with Crippen LogP contribution in [0.4, 0.5) is 0 Å². The van der Waals surface area contributed by atoms with E-state index in [0.717, 1.165) is 18.2 Å². The molecule has 0 aromatic heterocycles. The van der Waals surface area contributed by atoms with Gasteiger partial charge >= 0.3 is 8.56 Å². The molecule has 0 atom stereocenters. The highest BCUT2D eigenvalue weighted by atomic mass is 32.2. The van der Waals surface area contributed by atoms with Gasteiger partial charge in [0.1, 0.15) is 5.40 Å². The summed E-state index contributed by atoms with van der Waals surface area (Å²) in [4.78, 5) is 0. The first-order valence-corrected chi connectivity index (χ1v) is 11.8. The molecular formula is C16H33NO2SSi. The van der Waals surface area contributed by atoms with Crippen molar-refractivity contribution in [2.75, 3.05) is 5.75 Å². The van der Waals surface area contributed by atoms with Crippen LogP contribution in [0.25, 0.3) is 0 Å². The molecule has 0 aliphatic heterocycles. The van der Waals surface area contributed by atoms with E-state index in [-0.39, 0.29) is 12.2 Å². The maximum Gasteiger partial charge on any atom is 0.335 e. The van der Waals surface area contributed by atoms with Crippen molar-refractivity contribution in [3.8, 4) is 5.40 Å². The van der Waals surface area contributed by atoms with Gasteiger partial charge in [-0.05, 0) is 58.5 Å². The second-order valence-corrected chi connectivity index (χ2v) is 10.4. The highest BCUT2D eigenvalue weighted by molar-refractivity contribution is 8.03. The Morgan fingerprint density at radius 1 is 0.905 bits per heavy atom. The molecule has 0 spiro atoms. The first kappa shape index (κ1) is 21.0. The number of thiocyanates is 1. The molecule has 5 heteroatoms. The van der Waals surface area contributed by atoms with Crippen LogP contribution < -0.4 is 0 Å². The first-order chi connectivity index (χ1) is 9.89. The fourth-order valence-electron chi connectivity index (χ4n) is 2.52. The van der Waals surface area contributed by atoms with Gasteiger partial charge in [-0.1, -0.05) is 32.1 Å². The van der Waals surface area contributed by atoms with Gasteiger partial charge in [-0.3, -0.25) is 0 Å². The first-order valence-electron chi connectivity index (χ1n) is 8.26. The van der Waals surface area contributed by atoms with Crippen molar-refractivity contribution in [3.63, 3.8) is 0 Å². The number of hydrogen-bond donors (Lipinski definition) is 0. The number of unbranched alkanes of at least 4 members (excludes halogenated alkanes) is 5. The molecule has 0 heterocycles. The van der Waals surface area contributed by atoms with Gasteiger partial charge in [-0.2, -0.15) is 5.26 Å². The summed E-state index contributed by atoms with van der Waals surface area (Å²) < 4.78 is 12.2. The van der Waals surface area contributed by atoms with Gasteiger partial charge in [0, 0.05) is 18.0 Å². The molecule has 0 aliphatic carbocycles. The topological polar surface area (TPSA) is 42.2 Å². The van der Waals surface area contributed by atoms with Gasteiger partial charge in [0.15, 0.2) is 0 Å². The Balaban J connectivity index is 3.76. The van der Waals surface area contributed by atoms with Crippen LogP contribution in [-0.2, 0) is 8.85 Å². The SMILES string of the molecule is CC(C)O[Si](C)(CCCCCCCCSC#N)OC(C)C. The predicted octanol–water partition coefficient (Wildman–Crippen LogP) is 5.46. The van der Waals surface area contributed by atoms with E-state index in [1.807, 2.05) is 0 Å². The normalized spacial score (nSPS) is 12.1. The zero-order valence-electron chi connectivity index (χ0n) is 14.5. The monoisotopic (exact) mass is 331 g/mol. The Hall–Kier alpha value is -0.0231. The molecule has 3 nitrogen and oxygen atoms in total. The minimum atomic E-state index is -2.00. The zero-order chi connectivity index (χ0) is 16.1. The van der Waals surface area contributed by atoms with Gasteiger partial charge in [-0.15, -0.1) is 0 Å². The summed E-state index contributed by atoms with van der Waals surface area (Å²) in [5.74, 6) is 0.978. The van der Waals surface area contributed by atoms with E-state index in [4.69, 9.17) is 14.1 Å². The Labute approximate surface area is 137 Å². The highest BCUT2D eigenvalue weighted by Crippen LogP contribution is 2.22. The third-order valence-electron chi connectivity index (χ3n) is 3.16. The summed E-state index contributed by atoms with van der Waals surface area (Å²) in [5, 5.41) is 10.6. The van der Waals surface area contributed by atoms with Crippen molar-refractivity contribution < 1.29 is 8.85 Å². The Morgan fingerprint density at radius 3 is 1.86 bits per heavy atom. The molecule has 0 aromatic rings. The number of nitriles is 1. The van der Waals surface area contributed by atoms with Crippen LogP contribution >= 0.6 is 11.8 Å². The molecule has 0 saturated heterocycles. The number of rotatable bonds is 13. The average molecular weight is 332 g/mol. The molecule has 0 rings (SSSR count). The molecule has 0 aromatic carbocycles. The number of thioether (sulfide) groups is 1. The van der Waals surface area contributed by atoms with Crippen molar-refractivity contribution in [1.29, 1.82) is 5.26 Å². The molecular weight excluding hydrogens is 298 g/mol. The van der Waals surface area contributed by atoms with Crippen LogP contribution in [-0.4, -0.2) is 26.5 Å². The van der Waals surface area contributed by atoms with Gasteiger partial charge in [0.25, 0.3) is 0 Å². The van der Waals surface area contributed by atoms with Gasteiger partial charge < -0.3 is 8.85 Å². The maximum absolute atomic E-state index is 8.43. The van der Waals surface area contributed by atoms with Crippen LogP contribution in [0.2, 0.25) is 12.6 Å². The molecule has 0 fully saturated rings. The molecule has 0 unspecified atom stereocenters. The maximum atomic E-state index is 8.43. The van der Waals surface area contributed by atoms with E-state index in [0.29, 0.717) is 0 Å². The molecule has 0 saturated carbocycles. The minimum absolute atomic E-state index is 0.248. The lowest BCUT2D eigenvalue weighted by Crippen LogP contribution is -2.42. The second kappa shape index (κ2) is 12.5. The van der Waals surface area contributed by atoms with E-state index < -0.39 is 8.56 Å². The van der Waals surface area contributed by atoms with Crippen molar-refractivity contribution in [2.24, 2.45) is 0 Å². The van der Waals surface area contributed by atoms with Gasteiger partial charge in [-0.25, -0.2) is 0 Å². The summed E-state index contributed by atoms with van der Waals surface area (Å²) in [6.07, 6.45) is 7.93. The van der Waals surface area contributed by atoms with Crippen molar-refractivity contribution in [3.05, 3.63) is 0 Å². The lowest BCUT2D eigenvalue weighted by atomic mass is 10.1. The number of nitrogens with zero attached hydrogens (tertiary/aromatic N) is 1. The van der Waals surface area contributed by atoms with Crippen molar-refractivity contribution in [1.82, 2.24) is 0 Å². The van der Waals surface area contributed by atoms with Crippen LogP contribution in [0.3, 0.4) is 0 Å². The Morgan fingerprint density at radius 2 is 1.38 bits per heavy atom. The molecule has 0 radical (unpaired) electrons. The van der Waals surface area contributed by atoms with E-state index >= 15 is 0 Å². The van der Waals surface area contributed by atoms with Crippen LogP contribution in [0.15, 0.2) is 0 Å². The van der Waals surface area contributed by atoms with Crippen molar-refractivity contribution >= 4 is 20.3 Å². The Kier molecular flexibility index (Phi) is 12.5. The lowest BCUT2D eigenvalue weighted by Gasteiger charge is -2.31. The lowest BCUT2D eigenvalue weighted by molar-refractivity contribution is 0.109. The second-order valence-electron chi connectivity index (χ2n) is 6.28. The molecule has 0 N–H and O–H groups in total. The molecule has 0 aliphatic rings. The van der Waals surface area contributed by atoms with Crippen molar-refractivity contribution in [2.45, 2.75) is 91.0 Å². The quantitative estimate of drug-likeness (QED) is 0.255. The van der Waals surface area contributed by atoms with Gasteiger partial charge in [0.05, 0.1) is 0 Å². The summed E-state index contributed by atoms with van der Waals surface area (Å²) in [7, 11) is -2.00. The third-order valence-corrected chi connectivity index (χ3v) is 6.99. The summed E-state index contributed by atoms with van der Waals surface area (Å²) >= 11 is 1.37. The van der Waals surface area contributed by atoms with Gasteiger partial charge in [0.2, 0.25) is 0 Å². The number of hydrogen-bond acceptors (Lipinski definition) is 4. The molecule has 21 heavy (non-hydrogen) atoms. The molecule has 124 valence electrons. The summed E-state index contributed by atoms with van der Waals surface area (Å²) in [6.45, 7) is 10.6. The minimum Gasteiger partial charge on any atom is -0.392 e. The van der Waals surface area contributed by atoms with E-state index in [9.17, 15) is 0 Å². The fraction of sp³-hybridized carbons (Fsp3) is 0.938. The molecule has 0 amide bonds. The summed E-state index contributed by atoms with van der Waals surface area (Å²) in [6, 6.07) is 1.09. The fourth-order valence-corrected chi connectivity index (χ4v) is 6.13. The highest BCUT2D eigenvalue weighted by Gasteiger charge is 2.33. The largest absolute Gasteiger partial charge is 0.392 e. The average Bonchev–Trinajstić information content (AvgIpc) is 2.34. The third kappa shape index (κ3) is 13.4. The van der Waals surface area contributed by atoms with E-state index in [1.54, 1.807) is 0 Å². The van der Waals surface area contributed by atoms with E-state index in [1.165, 1.54) is 43.9 Å². The predicted molar refractivity (Wildman–Crippen MR) is 94.6 cm³/mol. The van der Waals surface area contributed by atoms with Crippen LogP contribution in [0, 0.1) is 10.7 Å². The molecule has 0 bridgehead atoms. The van der Waals surface area contributed by atoms with Crippen LogP contribution in [0.1, 0.15) is 66.2 Å². The van der Waals surface area contributed by atoms with E-state index in [2.05, 4.69) is 39.6 Å². The smallest absolute Gasteiger partial charge is 0.335 e.